The Labute approximate surface area is 278 Å². The maximum atomic E-state index is 13.5. The maximum absolute atomic E-state index is 13.5. The van der Waals surface area contributed by atoms with Gasteiger partial charge >= 0.3 is 0 Å². The Morgan fingerprint density at radius 1 is 0.872 bits per heavy atom. The monoisotopic (exact) mass is 637 g/mol. The first-order valence-corrected chi connectivity index (χ1v) is 16.8. The normalized spacial score (nSPS) is 16.3. The van der Waals surface area contributed by atoms with Gasteiger partial charge in [0.05, 0.1) is 13.2 Å². The number of morpholine rings is 1. The third kappa shape index (κ3) is 8.61. The molecule has 6 rings (SSSR count). The van der Waals surface area contributed by atoms with Crippen molar-refractivity contribution in [3.63, 3.8) is 0 Å². The van der Waals surface area contributed by atoms with Crippen LogP contribution in [0.3, 0.4) is 0 Å². The molecule has 0 radical (unpaired) electrons. The minimum atomic E-state index is 0.0859. The minimum Gasteiger partial charge on any atom is -0.379 e. The summed E-state index contributed by atoms with van der Waals surface area (Å²) in [6, 6.07) is 14.2. The van der Waals surface area contributed by atoms with Crippen molar-refractivity contribution >= 4 is 23.2 Å². The number of nitrogens with zero attached hydrogens (tertiary/aromatic N) is 7. The number of likely N-dealkylation sites (N-methyl/N-ethyl adjacent to an activating group) is 1. The molecule has 2 N–H and O–H groups in total. The van der Waals surface area contributed by atoms with Gasteiger partial charge in [-0.05, 0) is 48.7 Å². The largest absolute Gasteiger partial charge is 0.379 e. The van der Waals surface area contributed by atoms with E-state index in [2.05, 4.69) is 72.3 Å². The minimum absolute atomic E-state index is 0.0859. The fourth-order valence-corrected chi connectivity index (χ4v) is 6.21. The Morgan fingerprint density at radius 2 is 1.68 bits per heavy atom. The van der Waals surface area contributed by atoms with Crippen LogP contribution in [0, 0.1) is 13.8 Å². The van der Waals surface area contributed by atoms with Gasteiger partial charge in [-0.25, -0.2) is 15.0 Å². The molecule has 11 heteroatoms. The molecule has 2 aliphatic heterocycles. The number of ether oxygens (including phenoxy) is 1. The lowest BCUT2D eigenvalue weighted by atomic mass is 9.98. The van der Waals surface area contributed by atoms with E-state index in [1.165, 1.54) is 11.1 Å². The molecular formula is C36H47N9O2. The topological polar surface area (TPSA) is 104 Å². The SMILES string of the molecule is CCN1CCN(Cc2ccc(CC(=O)c3ccc(C)c(Nc4nccn4-c4cc(NCCN5CCOCC5)ncn4)c3)cc2C)CC1. The van der Waals surface area contributed by atoms with Crippen LogP contribution in [0.1, 0.15) is 39.5 Å². The van der Waals surface area contributed by atoms with Crippen LogP contribution in [0.4, 0.5) is 17.5 Å². The standard InChI is InChI=1S/C36H47N9O2/c1-4-42-13-15-44(16-14-42)25-31-8-6-29(21-28(31)3)22-33(46)30-7-5-27(2)32(23-30)41-36-38-10-12-45(36)35-24-34(39-26-40-35)37-9-11-43-17-19-47-20-18-43/h5-8,10,12,21,23-24,26H,4,9,11,13-20,22,25H2,1-3H3,(H,38,41)(H,37,39,40). The number of hydrogen-bond donors (Lipinski definition) is 2. The van der Waals surface area contributed by atoms with Crippen molar-refractivity contribution in [1.29, 1.82) is 0 Å². The van der Waals surface area contributed by atoms with Gasteiger partial charge in [0.2, 0.25) is 5.95 Å². The smallest absolute Gasteiger partial charge is 0.213 e. The number of Topliss-reactive ketones (excluding diaryl/α,β-unsaturated/α-hetero) is 1. The van der Waals surface area contributed by atoms with Crippen molar-refractivity contribution in [2.24, 2.45) is 0 Å². The van der Waals surface area contributed by atoms with Crippen molar-refractivity contribution in [3.05, 3.63) is 89.0 Å². The van der Waals surface area contributed by atoms with Crippen LogP contribution in [-0.2, 0) is 17.7 Å². The predicted molar refractivity (Wildman–Crippen MR) is 186 cm³/mol. The molecule has 2 aromatic heterocycles. The van der Waals surface area contributed by atoms with Crippen LogP contribution in [0.15, 0.2) is 61.2 Å². The van der Waals surface area contributed by atoms with Crippen LogP contribution >= 0.6 is 0 Å². The van der Waals surface area contributed by atoms with E-state index in [-0.39, 0.29) is 5.78 Å². The molecule has 0 bridgehead atoms. The Kier molecular flexibility index (Phi) is 10.9. The first-order chi connectivity index (χ1) is 22.9. The van der Waals surface area contributed by atoms with Crippen LogP contribution in [0.25, 0.3) is 5.82 Å². The van der Waals surface area contributed by atoms with E-state index in [0.29, 0.717) is 23.8 Å². The highest BCUT2D eigenvalue weighted by molar-refractivity contribution is 5.98. The number of carbonyl (C=O) groups is 1. The Bertz CT molecular complexity index is 1640. The molecule has 2 aromatic carbocycles. The van der Waals surface area contributed by atoms with Gasteiger partial charge in [0.25, 0.3) is 0 Å². The number of aromatic nitrogens is 4. The fraction of sp³-hybridized carbons (Fsp3) is 0.444. The lowest BCUT2D eigenvalue weighted by Gasteiger charge is -2.34. The molecule has 0 spiro atoms. The zero-order chi connectivity index (χ0) is 32.6. The lowest BCUT2D eigenvalue weighted by Crippen LogP contribution is -2.45. The molecule has 11 nitrogen and oxygen atoms in total. The molecule has 2 saturated heterocycles. The number of aryl methyl sites for hydroxylation is 2. The summed E-state index contributed by atoms with van der Waals surface area (Å²) in [5.74, 6) is 2.14. The second-order valence-electron chi connectivity index (χ2n) is 12.5. The Morgan fingerprint density at radius 3 is 2.47 bits per heavy atom. The van der Waals surface area contributed by atoms with Gasteiger partial charge in [0.15, 0.2) is 5.78 Å². The number of carbonyl (C=O) groups excluding carboxylic acids is 1. The summed E-state index contributed by atoms with van der Waals surface area (Å²) in [7, 11) is 0. The van der Waals surface area contributed by atoms with Gasteiger partial charge in [-0.15, -0.1) is 0 Å². The summed E-state index contributed by atoms with van der Waals surface area (Å²) in [5.41, 5.74) is 6.13. The van der Waals surface area contributed by atoms with Crippen molar-refractivity contribution in [2.45, 2.75) is 33.7 Å². The first kappa shape index (κ1) is 32.8. The van der Waals surface area contributed by atoms with Crippen LogP contribution in [0.5, 0.6) is 0 Å². The summed E-state index contributed by atoms with van der Waals surface area (Å²) in [6.07, 6.45) is 5.51. The van der Waals surface area contributed by atoms with Crippen molar-refractivity contribution < 1.29 is 9.53 Å². The highest BCUT2D eigenvalue weighted by atomic mass is 16.5. The molecule has 248 valence electrons. The number of anilines is 3. The molecule has 2 fully saturated rings. The summed E-state index contributed by atoms with van der Waals surface area (Å²) in [4.78, 5) is 34.3. The second-order valence-corrected chi connectivity index (χ2v) is 12.5. The molecule has 4 heterocycles. The summed E-state index contributed by atoms with van der Waals surface area (Å²) >= 11 is 0. The molecule has 2 aliphatic rings. The molecule has 0 atom stereocenters. The van der Waals surface area contributed by atoms with Crippen LogP contribution < -0.4 is 10.6 Å². The summed E-state index contributed by atoms with van der Waals surface area (Å²) in [5, 5.41) is 6.85. The van der Waals surface area contributed by atoms with Crippen molar-refractivity contribution in [2.75, 3.05) is 82.8 Å². The maximum Gasteiger partial charge on any atom is 0.213 e. The van der Waals surface area contributed by atoms with E-state index in [1.807, 2.05) is 42.0 Å². The van der Waals surface area contributed by atoms with Crippen molar-refractivity contribution in [3.8, 4) is 5.82 Å². The van der Waals surface area contributed by atoms with Crippen LogP contribution in [0.2, 0.25) is 0 Å². The number of hydrogen-bond acceptors (Lipinski definition) is 10. The lowest BCUT2D eigenvalue weighted by molar-refractivity contribution is 0.0398. The number of rotatable bonds is 13. The van der Waals surface area contributed by atoms with Gasteiger partial charge in [0.1, 0.15) is 18.0 Å². The van der Waals surface area contributed by atoms with E-state index >= 15 is 0 Å². The number of benzene rings is 2. The molecule has 0 amide bonds. The highest BCUT2D eigenvalue weighted by Gasteiger charge is 2.17. The zero-order valence-corrected chi connectivity index (χ0v) is 27.9. The van der Waals surface area contributed by atoms with E-state index in [0.717, 1.165) is 101 Å². The second kappa shape index (κ2) is 15.6. The molecule has 47 heavy (non-hydrogen) atoms. The van der Waals surface area contributed by atoms with Gasteiger partial charge in [-0.2, -0.15) is 0 Å². The fourth-order valence-electron chi connectivity index (χ4n) is 6.21. The Hall–Kier alpha value is -4.16. The number of ketones is 1. The third-order valence-corrected chi connectivity index (χ3v) is 9.26. The molecule has 4 aromatic rings. The van der Waals surface area contributed by atoms with Gasteiger partial charge < -0.3 is 20.3 Å². The van der Waals surface area contributed by atoms with Gasteiger partial charge in [0, 0.05) is 95.0 Å². The van der Waals surface area contributed by atoms with Crippen molar-refractivity contribution in [1.82, 2.24) is 34.2 Å². The van der Waals surface area contributed by atoms with E-state index in [9.17, 15) is 4.79 Å². The van der Waals surface area contributed by atoms with Gasteiger partial charge in [-0.3, -0.25) is 19.2 Å². The third-order valence-electron chi connectivity index (χ3n) is 9.26. The van der Waals surface area contributed by atoms with E-state index in [4.69, 9.17) is 4.74 Å². The highest BCUT2D eigenvalue weighted by Crippen LogP contribution is 2.25. The summed E-state index contributed by atoms with van der Waals surface area (Å²) in [6.45, 7) is 18.2. The molecule has 0 unspecified atom stereocenters. The van der Waals surface area contributed by atoms with Crippen LogP contribution in [-0.4, -0.2) is 112 Å². The average molecular weight is 638 g/mol. The first-order valence-electron chi connectivity index (χ1n) is 16.8. The Balaban J connectivity index is 1.08. The zero-order valence-electron chi connectivity index (χ0n) is 27.9. The predicted octanol–water partition coefficient (Wildman–Crippen LogP) is 4.33. The van der Waals surface area contributed by atoms with E-state index < -0.39 is 0 Å². The molecule has 0 saturated carbocycles. The van der Waals surface area contributed by atoms with Gasteiger partial charge in [-0.1, -0.05) is 37.3 Å². The number of imidazole rings is 1. The molecule has 0 aliphatic carbocycles. The quantitative estimate of drug-likeness (QED) is 0.206. The summed E-state index contributed by atoms with van der Waals surface area (Å²) < 4.78 is 7.33. The molecular weight excluding hydrogens is 590 g/mol. The number of piperazine rings is 1. The average Bonchev–Trinajstić information content (AvgIpc) is 3.56. The van der Waals surface area contributed by atoms with E-state index in [1.54, 1.807) is 12.5 Å². The number of nitrogens with one attached hydrogen (secondary N) is 2.